The zero-order valence-electron chi connectivity index (χ0n) is 13.2. The zero-order valence-corrected chi connectivity index (χ0v) is 14.0. The van der Waals surface area contributed by atoms with E-state index in [9.17, 15) is 9.90 Å². The van der Waals surface area contributed by atoms with Gasteiger partial charge in [0.25, 0.3) is 5.91 Å². The van der Waals surface area contributed by atoms with Crippen molar-refractivity contribution in [3.63, 3.8) is 0 Å². The Kier molecular flexibility index (Phi) is 4.93. The standard InChI is InChI=1S/C17H21N3O2S/c1-12-19-15(11-23-12)10-18-14-4-2-13(3-5-14)17(22)20-8-6-16(21)7-9-20/h2-5,11,16,18,21H,6-10H2,1H3. The van der Waals surface area contributed by atoms with Crippen molar-refractivity contribution >= 4 is 22.9 Å². The summed E-state index contributed by atoms with van der Waals surface area (Å²) in [4.78, 5) is 18.6. The SMILES string of the molecule is Cc1nc(CNc2ccc(C(=O)N3CCC(O)CC3)cc2)cs1. The Balaban J connectivity index is 1.57. The van der Waals surface area contributed by atoms with Crippen LogP contribution in [0.1, 0.15) is 33.9 Å². The monoisotopic (exact) mass is 331 g/mol. The number of likely N-dealkylation sites (tertiary alicyclic amines) is 1. The number of hydrogen-bond acceptors (Lipinski definition) is 5. The number of aryl methyl sites for hydroxylation is 1. The van der Waals surface area contributed by atoms with Crippen molar-refractivity contribution in [3.8, 4) is 0 Å². The summed E-state index contributed by atoms with van der Waals surface area (Å²) in [6.07, 6.45) is 1.07. The molecule has 0 saturated carbocycles. The Bertz CT molecular complexity index is 661. The number of aliphatic hydroxyl groups excluding tert-OH is 1. The van der Waals surface area contributed by atoms with Crippen LogP contribution in [-0.4, -0.2) is 40.1 Å². The van der Waals surface area contributed by atoms with Gasteiger partial charge in [0.1, 0.15) is 0 Å². The van der Waals surface area contributed by atoms with Crippen LogP contribution in [0, 0.1) is 6.92 Å². The van der Waals surface area contributed by atoms with Gasteiger partial charge in [-0.25, -0.2) is 4.98 Å². The van der Waals surface area contributed by atoms with Gasteiger partial charge in [-0.15, -0.1) is 11.3 Å². The van der Waals surface area contributed by atoms with Crippen molar-refractivity contribution in [1.82, 2.24) is 9.88 Å². The number of thiazole rings is 1. The van der Waals surface area contributed by atoms with E-state index >= 15 is 0 Å². The lowest BCUT2D eigenvalue weighted by molar-refractivity contribution is 0.0546. The first-order valence-corrected chi connectivity index (χ1v) is 8.72. The molecule has 0 unspecified atom stereocenters. The minimum absolute atomic E-state index is 0.0403. The van der Waals surface area contributed by atoms with E-state index < -0.39 is 0 Å². The van der Waals surface area contributed by atoms with Crippen LogP contribution in [0.2, 0.25) is 0 Å². The maximum absolute atomic E-state index is 12.4. The van der Waals surface area contributed by atoms with Crippen LogP contribution in [-0.2, 0) is 6.54 Å². The Morgan fingerprint density at radius 2 is 2.04 bits per heavy atom. The van der Waals surface area contributed by atoms with Crippen LogP contribution in [0.15, 0.2) is 29.6 Å². The van der Waals surface area contributed by atoms with Crippen LogP contribution in [0.3, 0.4) is 0 Å². The smallest absolute Gasteiger partial charge is 0.253 e. The predicted octanol–water partition coefficient (Wildman–Crippen LogP) is 2.66. The molecule has 6 heteroatoms. The molecule has 1 aromatic carbocycles. The first-order chi connectivity index (χ1) is 11.1. The van der Waals surface area contributed by atoms with Crippen LogP contribution in [0.25, 0.3) is 0 Å². The number of aliphatic hydroxyl groups is 1. The number of nitrogens with one attached hydrogen (secondary N) is 1. The molecule has 2 N–H and O–H groups in total. The predicted molar refractivity (Wildman–Crippen MR) is 91.8 cm³/mol. The lowest BCUT2D eigenvalue weighted by Crippen LogP contribution is -2.40. The second-order valence-electron chi connectivity index (χ2n) is 5.81. The fraction of sp³-hybridized carbons (Fsp3) is 0.412. The molecule has 1 aromatic heterocycles. The number of aromatic nitrogens is 1. The van der Waals surface area contributed by atoms with Gasteiger partial charge in [0.2, 0.25) is 0 Å². The van der Waals surface area contributed by atoms with E-state index in [1.54, 1.807) is 11.3 Å². The Labute approximate surface area is 140 Å². The van der Waals surface area contributed by atoms with E-state index in [1.165, 1.54) is 0 Å². The third-order valence-corrected chi connectivity index (χ3v) is 4.85. The van der Waals surface area contributed by atoms with E-state index in [0.29, 0.717) is 38.0 Å². The number of anilines is 1. The Hall–Kier alpha value is -1.92. The summed E-state index contributed by atoms with van der Waals surface area (Å²) >= 11 is 1.64. The number of amides is 1. The molecule has 5 nitrogen and oxygen atoms in total. The minimum atomic E-state index is -0.264. The number of hydrogen-bond donors (Lipinski definition) is 2. The van der Waals surface area contributed by atoms with E-state index in [0.717, 1.165) is 16.4 Å². The molecular formula is C17H21N3O2S. The fourth-order valence-electron chi connectivity index (χ4n) is 2.66. The summed E-state index contributed by atoms with van der Waals surface area (Å²) in [6, 6.07) is 7.54. The molecular weight excluding hydrogens is 310 g/mol. The molecule has 1 aliphatic rings. The second kappa shape index (κ2) is 7.10. The highest BCUT2D eigenvalue weighted by atomic mass is 32.1. The molecule has 23 heavy (non-hydrogen) atoms. The van der Waals surface area contributed by atoms with Crippen molar-refractivity contribution in [2.24, 2.45) is 0 Å². The van der Waals surface area contributed by atoms with E-state index in [4.69, 9.17) is 0 Å². The number of rotatable bonds is 4. The third-order valence-electron chi connectivity index (χ3n) is 4.02. The van der Waals surface area contributed by atoms with Gasteiger partial charge in [0.15, 0.2) is 0 Å². The molecule has 1 aliphatic heterocycles. The Morgan fingerprint density at radius 3 is 2.65 bits per heavy atom. The van der Waals surface area contributed by atoms with Crippen molar-refractivity contribution in [2.45, 2.75) is 32.4 Å². The minimum Gasteiger partial charge on any atom is -0.393 e. The molecule has 3 rings (SSSR count). The van der Waals surface area contributed by atoms with E-state index in [2.05, 4.69) is 10.3 Å². The van der Waals surface area contributed by atoms with Crippen molar-refractivity contribution in [1.29, 1.82) is 0 Å². The molecule has 0 aliphatic carbocycles. The zero-order chi connectivity index (χ0) is 16.2. The highest BCUT2D eigenvalue weighted by Crippen LogP contribution is 2.17. The maximum atomic E-state index is 12.4. The molecule has 1 saturated heterocycles. The Morgan fingerprint density at radius 1 is 1.35 bits per heavy atom. The molecule has 0 atom stereocenters. The first-order valence-electron chi connectivity index (χ1n) is 7.84. The lowest BCUT2D eigenvalue weighted by atomic mass is 10.1. The van der Waals surface area contributed by atoms with Gasteiger partial charge >= 0.3 is 0 Å². The van der Waals surface area contributed by atoms with Gasteiger partial charge in [-0.2, -0.15) is 0 Å². The van der Waals surface area contributed by atoms with Crippen molar-refractivity contribution < 1.29 is 9.90 Å². The van der Waals surface area contributed by atoms with Crippen LogP contribution >= 0.6 is 11.3 Å². The average Bonchev–Trinajstić information content (AvgIpc) is 2.99. The average molecular weight is 331 g/mol. The fourth-order valence-corrected chi connectivity index (χ4v) is 3.28. The highest BCUT2D eigenvalue weighted by molar-refractivity contribution is 7.09. The largest absolute Gasteiger partial charge is 0.393 e. The van der Waals surface area contributed by atoms with Gasteiger partial charge in [-0.3, -0.25) is 4.79 Å². The molecule has 1 amide bonds. The van der Waals surface area contributed by atoms with E-state index in [-0.39, 0.29) is 12.0 Å². The molecule has 2 aromatic rings. The number of carbonyl (C=O) groups is 1. The van der Waals surface area contributed by atoms with Crippen LogP contribution in [0.4, 0.5) is 5.69 Å². The summed E-state index contributed by atoms with van der Waals surface area (Å²) in [7, 11) is 0. The molecule has 0 bridgehead atoms. The van der Waals surface area contributed by atoms with Crippen molar-refractivity contribution in [3.05, 3.63) is 45.9 Å². The molecule has 122 valence electrons. The van der Waals surface area contributed by atoms with Gasteiger partial charge in [0.05, 0.1) is 23.4 Å². The third kappa shape index (κ3) is 4.09. The van der Waals surface area contributed by atoms with Crippen molar-refractivity contribution in [2.75, 3.05) is 18.4 Å². The summed E-state index contributed by atoms with van der Waals surface area (Å²) in [5, 5.41) is 15.9. The number of benzene rings is 1. The molecule has 2 heterocycles. The highest BCUT2D eigenvalue weighted by Gasteiger charge is 2.22. The summed E-state index contributed by atoms with van der Waals surface area (Å²) in [5.74, 6) is 0.0403. The number of carbonyl (C=O) groups excluding carboxylic acids is 1. The summed E-state index contributed by atoms with van der Waals surface area (Å²) in [6.45, 7) is 3.93. The van der Waals surface area contributed by atoms with E-state index in [1.807, 2.05) is 41.5 Å². The normalized spacial score (nSPS) is 15.7. The van der Waals surface area contributed by atoms with Gasteiger partial charge < -0.3 is 15.3 Å². The van der Waals surface area contributed by atoms with Crippen LogP contribution < -0.4 is 5.32 Å². The second-order valence-corrected chi connectivity index (χ2v) is 6.87. The number of piperidine rings is 1. The molecule has 0 radical (unpaired) electrons. The van der Waals surface area contributed by atoms with Gasteiger partial charge in [0, 0.05) is 29.7 Å². The lowest BCUT2D eigenvalue weighted by Gasteiger charge is -2.29. The summed E-state index contributed by atoms with van der Waals surface area (Å²) in [5.41, 5.74) is 2.69. The maximum Gasteiger partial charge on any atom is 0.253 e. The van der Waals surface area contributed by atoms with Crippen LogP contribution in [0.5, 0.6) is 0 Å². The topological polar surface area (TPSA) is 65.5 Å². The quantitative estimate of drug-likeness (QED) is 0.904. The number of nitrogens with zero attached hydrogens (tertiary/aromatic N) is 2. The van der Waals surface area contributed by atoms with Gasteiger partial charge in [-0.1, -0.05) is 0 Å². The molecule has 1 fully saturated rings. The van der Waals surface area contributed by atoms with Gasteiger partial charge in [-0.05, 0) is 44.0 Å². The first kappa shape index (κ1) is 16.0. The molecule has 0 spiro atoms. The summed E-state index contributed by atoms with van der Waals surface area (Å²) < 4.78 is 0.